The van der Waals surface area contributed by atoms with Crippen molar-refractivity contribution in [2.45, 2.75) is 46.2 Å². The fourth-order valence-corrected chi connectivity index (χ4v) is 1.65. The van der Waals surface area contributed by atoms with E-state index in [1.54, 1.807) is 18.5 Å². The zero-order valence-corrected chi connectivity index (χ0v) is 12.0. The van der Waals surface area contributed by atoms with Crippen molar-refractivity contribution in [1.29, 1.82) is 0 Å². The Morgan fingerprint density at radius 3 is 2.32 bits per heavy atom. The lowest BCUT2D eigenvalue weighted by Crippen LogP contribution is -2.26. The number of ether oxygens (including phenoxy) is 3. The van der Waals surface area contributed by atoms with Crippen LogP contribution in [0, 0.1) is 0 Å². The zero-order valence-electron chi connectivity index (χ0n) is 12.0. The van der Waals surface area contributed by atoms with Gasteiger partial charge in [-0.05, 0) is 33.8 Å². The molecule has 5 nitrogen and oxygen atoms in total. The van der Waals surface area contributed by atoms with Gasteiger partial charge >= 0.3 is 0 Å². The summed E-state index contributed by atoms with van der Waals surface area (Å²) in [7, 11) is 0. The number of rotatable bonds is 8. The highest BCUT2D eigenvalue weighted by Crippen LogP contribution is 2.23. The minimum absolute atomic E-state index is 0.0590. The van der Waals surface area contributed by atoms with Crippen LogP contribution in [0.4, 0.5) is 0 Å². The molecule has 1 heterocycles. The normalized spacial score (nSPS) is 13.0. The third kappa shape index (κ3) is 5.14. The molecule has 1 unspecified atom stereocenters. The molecular weight excluding hydrogens is 246 g/mol. The highest BCUT2D eigenvalue weighted by molar-refractivity contribution is 5.25. The molecule has 1 N–H and O–H groups in total. The number of aliphatic hydroxyl groups is 1. The van der Waals surface area contributed by atoms with E-state index in [-0.39, 0.29) is 6.10 Å². The van der Waals surface area contributed by atoms with Crippen LogP contribution in [0.15, 0.2) is 18.5 Å². The molecule has 1 aromatic heterocycles. The lowest BCUT2D eigenvalue weighted by Gasteiger charge is -2.23. The van der Waals surface area contributed by atoms with E-state index in [9.17, 15) is 5.11 Å². The highest BCUT2D eigenvalue weighted by atomic mass is 16.7. The maximum atomic E-state index is 10.3. The Morgan fingerprint density at radius 1 is 1.16 bits per heavy atom. The van der Waals surface area contributed by atoms with E-state index in [4.69, 9.17) is 14.2 Å². The summed E-state index contributed by atoms with van der Waals surface area (Å²) in [5.74, 6) is 0.623. The standard InChI is InChI=1S/C14H23NO4/c1-5-17-14(18-6-2)13(16)11-7-12(9-15-8-11)19-10(3)4/h7-10,13-14,16H,5-6H2,1-4H3. The molecule has 5 heteroatoms. The average molecular weight is 269 g/mol. The number of pyridine rings is 1. The quantitative estimate of drug-likeness (QED) is 0.734. The summed E-state index contributed by atoms with van der Waals surface area (Å²) in [5, 5.41) is 10.3. The Bertz CT molecular complexity index is 364. The fraction of sp³-hybridized carbons (Fsp3) is 0.643. The smallest absolute Gasteiger partial charge is 0.187 e. The minimum Gasteiger partial charge on any atom is -0.489 e. The Balaban J connectivity index is 2.81. The summed E-state index contributed by atoms with van der Waals surface area (Å²) in [5.41, 5.74) is 0.616. The van der Waals surface area contributed by atoms with Crippen molar-refractivity contribution < 1.29 is 19.3 Å². The third-order valence-corrected chi connectivity index (χ3v) is 2.37. The van der Waals surface area contributed by atoms with Crippen molar-refractivity contribution >= 4 is 0 Å². The average Bonchev–Trinajstić information content (AvgIpc) is 2.37. The van der Waals surface area contributed by atoms with E-state index in [0.29, 0.717) is 24.5 Å². The lowest BCUT2D eigenvalue weighted by atomic mass is 10.1. The molecule has 1 rings (SSSR count). The van der Waals surface area contributed by atoms with Gasteiger partial charge in [0.15, 0.2) is 6.29 Å². The predicted molar refractivity (Wildman–Crippen MR) is 72.0 cm³/mol. The topological polar surface area (TPSA) is 60.8 Å². The molecule has 1 atom stereocenters. The molecule has 0 radical (unpaired) electrons. The lowest BCUT2D eigenvalue weighted by molar-refractivity contribution is -0.191. The summed E-state index contributed by atoms with van der Waals surface area (Å²) in [6.45, 7) is 8.53. The molecule has 0 amide bonds. The molecule has 0 aliphatic heterocycles. The first-order valence-corrected chi connectivity index (χ1v) is 6.61. The van der Waals surface area contributed by atoms with Crippen molar-refractivity contribution in [3.05, 3.63) is 24.0 Å². The fourth-order valence-electron chi connectivity index (χ4n) is 1.65. The zero-order chi connectivity index (χ0) is 14.3. The summed E-state index contributed by atoms with van der Waals surface area (Å²) >= 11 is 0. The maximum Gasteiger partial charge on any atom is 0.187 e. The molecule has 0 fully saturated rings. The summed E-state index contributed by atoms with van der Waals surface area (Å²) in [4.78, 5) is 4.07. The Labute approximate surface area is 114 Å². The minimum atomic E-state index is -0.886. The van der Waals surface area contributed by atoms with E-state index in [1.165, 1.54) is 0 Å². The maximum absolute atomic E-state index is 10.3. The van der Waals surface area contributed by atoms with Crippen LogP contribution in [0.2, 0.25) is 0 Å². The number of aromatic nitrogens is 1. The van der Waals surface area contributed by atoms with Crippen LogP contribution in [0.3, 0.4) is 0 Å². The van der Waals surface area contributed by atoms with Gasteiger partial charge < -0.3 is 19.3 Å². The van der Waals surface area contributed by atoms with Crippen molar-refractivity contribution in [2.24, 2.45) is 0 Å². The number of hydrogen-bond acceptors (Lipinski definition) is 5. The van der Waals surface area contributed by atoms with Crippen LogP contribution in [-0.2, 0) is 9.47 Å². The molecule has 19 heavy (non-hydrogen) atoms. The summed E-state index contributed by atoms with van der Waals surface area (Å²) in [6.07, 6.45) is 1.69. The van der Waals surface area contributed by atoms with Crippen LogP contribution >= 0.6 is 0 Å². The number of hydrogen-bond donors (Lipinski definition) is 1. The Morgan fingerprint density at radius 2 is 1.79 bits per heavy atom. The SMILES string of the molecule is CCOC(OCC)C(O)c1cncc(OC(C)C)c1. The van der Waals surface area contributed by atoms with Crippen LogP contribution < -0.4 is 4.74 Å². The molecular formula is C14H23NO4. The van der Waals surface area contributed by atoms with Crippen LogP contribution in [-0.4, -0.2) is 35.7 Å². The van der Waals surface area contributed by atoms with Gasteiger partial charge in [-0.1, -0.05) is 0 Å². The van der Waals surface area contributed by atoms with E-state index < -0.39 is 12.4 Å². The van der Waals surface area contributed by atoms with E-state index in [0.717, 1.165) is 0 Å². The van der Waals surface area contributed by atoms with E-state index in [1.807, 2.05) is 27.7 Å². The van der Waals surface area contributed by atoms with Crippen LogP contribution in [0.5, 0.6) is 5.75 Å². The van der Waals surface area contributed by atoms with Crippen molar-refractivity contribution in [2.75, 3.05) is 13.2 Å². The number of aliphatic hydroxyl groups excluding tert-OH is 1. The Kier molecular flexibility index (Phi) is 6.77. The predicted octanol–water partition coefficient (Wildman–Crippen LogP) is 2.30. The van der Waals surface area contributed by atoms with Crippen molar-refractivity contribution in [1.82, 2.24) is 4.98 Å². The second-order valence-corrected chi connectivity index (χ2v) is 4.34. The molecule has 1 aromatic rings. The van der Waals surface area contributed by atoms with Gasteiger partial charge in [-0.3, -0.25) is 4.98 Å². The molecule has 0 aliphatic rings. The van der Waals surface area contributed by atoms with Crippen LogP contribution in [0.1, 0.15) is 39.4 Å². The molecule has 0 saturated heterocycles. The Hall–Kier alpha value is -1.17. The number of nitrogens with zero attached hydrogens (tertiary/aromatic N) is 1. The largest absolute Gasteiger partial charge is 0.489 e. The first kappa shape index (κ1) is 15.9. The third-order valence-electron chi connectivity index (χ3n) is 2.37. The summed E-state index contributed by atoms with van der Waals surface area (Å²) in [6, 6.07) is 1.75. The van der Waals surface area contributed by atoms with Gasteiger partial charge in [-0.15, -0.1) is 0 Å². The monoisotopic (exact) mass is 269 g/mol. The van der Waals surface area contributed by atoms with Gasteiger partial charge in [-0.2, -0.15) is 0 Å². The first-order chi connectivity index (χ1) is 9.08. The molecule has 0 spiro atoms. The molecule has 0 aliphatic carbocycles. The van der Waals surface area contributed by atoms with Crippen molar-refractivity contribution in [3.8, 4) is 5.75 Å². The van der Waals surface area contributed by atoms with Gasteiger partial charge in [0, 0.05) is 25.0 Å². The van der Waals surface area contributed by atoms with Gasteiger partial charge in [0.25, 0.3) is 0 Å². The van der Waals surface area contributed by atoms with Crippen LogP contribution in [0.25, 0.3) is 0 Å². The summed E-state index contributed by atoms with van der Waals surface area (Å²) < 4.78 is 16.3. The molecule has 0 aromatic carbocycles. The van der Waals surface area contributed by atoms with Gasteiger partial charge in [0.05, 0.1) is 12.3 Å². The highest BCUT2D eigenvalue weighted by Gasteiger charge is 2.22. The molecule has 108 valence electrons. The first-order valence-electron chi connectivity index (χ1n) is 6.61. The molecule has 0 bridgehead atoms. The molecule has 0 saturated carbocycles. The second-order valence-electron chi connectivity index (χ2n) is 4.34. The second kappa shape index (κ2) is 8.09. The van der Waals surface area contributed by atoms with Gasteiger partial charge in [-0.25, -0.2) is 0 Å². The van der Waals surface area contributed by atoms with E-state index in [2.05, 4.69) is 4.98 Å². The van der Waals surface area contributed by atoms with E-state index >= 15 is 0 Å². The van der Waals surface area contributed by atoms with Gasteiger partial charge in [0.1, 0.15) is 11.9 Å². The van der Waals surface area contributed by atoms with Crippen molar-refractivity contribution in [3.63, 3.8) is 0 Å². The van der Waals surface area contributed by atoms with Gasteiger partial charge in [0.2, 0.25) is 0 Å².